The van der Waals surface area contributed by atoms with Gasteiger partial charge in [-0.05, 0) is 18.2 Å². The molecule has 0 heterocycles. The summed E-state index contributed by atoms with van der Waals surface area (Å²) in [6.07, 6.45) is 0. The van der Waals surface area contributed by atoms with Gasteiger partial charge in [0.15, 0.2) is 0 Å². The van der Waals surface area contributed by atoms with Crippen molar-refractivity contribution in [3.63, 3.8) is 0 Å². The summed E-state index contributed by atoms with van der Waals surface area (Å²) in [6.45, 7) is 0.775. The van der Waals surface area contributed by atoms with Crippen molar-refractivity contribution in [2.45, 2.75) is 4.90 Å². The summed E-state index contributed by atoms with van der Waals surface area (Å²) < 4.78 is 27.5. The van der Waals surface area contributed by atoms with Gasteiger partial charge >= 0.3 is 0 Å². The van der Waals surface area contributed by atoms with Crippen molar-refractivity contribution >= 4 is 37.2 Å². The Balaban J connectivity index is 3.06. The number of hydrogen-bond donors (Lipinski definition) is 0. The molecule has 5 nitrogen and oxygen atoms in total. The Labute approximate surface area is 121 Å². The Morgan fingerprint density at radius 3 is 2.58 bits per heavy atom. The van der Waals surface area contributed by atoms with Crippen LogP contribution in [0.1, 0.15) is 10.4 Å². The first-order valence-electron chi connectivity index (χ1n) is 5.26. The first kappa shape index (κ1) is 16.2. The number of benzene rings is 1. The van der Waals surface area contributed by atoms with Crippen molar-refractivity contribution in [2.24, 2.45) is 0 Å². The maximum absolute atomic E-state index is 12.0. The van der Waals surface area contributed by atoms with Gasteiger partial charge in [0, 0.05) is 36.9 Å². The van der Waals surface area contributed by atoms with Crippen molar-refractivity contribution in [1.82, 2.24) is 4.90 Å². The molecule has 1 aromatic rings. The molecule has 0 saturated carbocycles. The number of halogens is 2. The SMILES string of the molecule is COCCN(C)C(=O)c1ccc(Cl)c(S(=O)(=O)Cl)c1. The van der Waals surface area contributed by atoms with Crippen LogP contribution in [0.25, 0.3) is 0 Å². The molecule has 0 bridgehead atoms. The number of nitrogens with zero attached hydrogens (tertiary/aromatic N) is 1. The average Bonchev–Trinajstić information content (AvgIpc) is 2.34. The molecule has 0 unspecified atom stereocenters. The van der Waals surface area contributed by atoms with Gasteiger partial charge in [0.25, 0.3) is 15.0 Å². The molecular formula is C11H13Cl2NO4S. The van der Waals surface area contributed by atoms with E-state index >= 15 is 0 Å². The molecule has 0 spiro atoms. The zero-order chi connectivity index (χ0) is 14.6. The number of amides is 1. The lowest BCUT2D eigenvalue weighted by molar-refractivity contribution is 0.0744. The molecule has 0 aromatic heterocycles. The van der Waals surface area contributed by atoms with Crippen LogP contribution in [-0.2, 0) is 13.8 Å². The normalized spacial score (nSPS) is 11.4. The number of carbonyl (C=O) groups excluding carboxylic acids is 1. The van der Waals surface area contributed by atoms with Crippen molar-refractivity contribution in [3.8, 4) is 0 Å². The quantitative estimate of drug-likeness (QED) is 0.776. The van der Waals surface area contributed by atoms with E-state index in [0.717, 1.165) is 6.07 Å². The monoisotopic (exact) mass is 325 g/mol. The van der Waals surface area contributed by atoms with Crippen LogP contribution in [0.15, 0.2) is 23.1 Å². The molecule has 0 saturated heterocycles. The first-order chi connectivity index (χ1) is 8.77. The lowest BCUT2D eigenvalue weighted by Gasteiger charge is -2.17. The smallest absolute Gasteiger partial charge is 0.262 e. The molecule has 1 aromatic carbocycles. The summed E-state index contributed by atoms with van der Waals surface area (Å²) in [6, 6.07) is 3.93. The third kappa shape index (κ3) is 4.35. The number of likely N-dealkylation sites (N-methyl/N-ethyl adjacent to an activating group) is 1. The van der Waals surface area contributed by atoms with E-state index in [4.69, 9.17) is 27.0 Å². The summed E-state index contributed by atoms with van der Waals surface area (Å²) in [5, 5.41) is -0.0221. The van der Waals surface area contributed by atoms with Gasteiger partial charge in [-0.15, -0.1) is 0 Å². The molecule has 0 aliphatic carbocycles. The van der Waals surface area contributed by atoms with Crippen LogP contribution in [0.4, 0.5) is 0 Å². The van der Waals surface area contributed by atoms with Crippen molar-refractivity contribution in [2.75, 3.05) is 27.3 Å². The van der Waals surface area contributed by atoms with Gasteiger partial charge in [-0.3, -0.25) is 4.79 Å². The van der Waals surface area contributed by atoms with Crippen LogP contribution in [-0.4, -0.2) is 46.5 Å². The highest BCUT2D eigenvalue weighted by Gasteiger charge is 2.19. The molecule has 106 valence electrons. The predicted molar refractivity (Wildman–Crippen MR) is 73.3 cm³/mol. The first-order valence-corrected chi connectivity index (χ1v) is 7.94. The van der Waals surface area contributed by atoms with Crippen LogP contribution >= 0.6 is 22.3 Å². The van der Waals surface area contributed by atoms with Gasteiger partial charge < -0.3 is 9.64 Å². The van der Waals surface area contributed by atoms with Crippen molar-refractivity contribution in [3.05, 3.63) is 28.8 Å². The summed E-state index contributed by atoms with van der Waals surface area (Å²) in [5.41, 5.74) is 0.197. The Morgan fingerprint density at radius 2 is 2.05 bits per heavy atom. The van der Waals surface area contributed by atoms with E-state index in [1.54, 1.807) is 7.05 Å². The Bertz CT molecular complexity index is 574. The lowest BCUT2D eigenvalue weighted by atomic mass is 10.2. The standard InChI is InChI=1S/C11H13Cl2NO4S/c1-14(5-6-18-2)11(15)8-3-4-9(12)10(7-8)19(13,16)17/h3-4,7H,5-6H2,1-2H3. The predicted octanol–water partition coefficient (Wildman–Crippen LogP) is 1.99. The van der Waals surface area contributed by atoms with E-state index in [1.165, 1.54) is 24.1 Å². The molecule has 0 atom stereocenters. The molecule has 0 aliphatic heterocycles. The highest BCUT2D eigenvalue weighted by molar-refractivity contribution is 8.13. The van der Waals surface area contributed by atoms with Gasteiger partial charge in [-0.2, -0.15) is 0 Å². The molecule has 0 fully saturated rings. The molecule has 1 rings (SSSR count). The largest absolute Gasteiger partial charge is 0.383 e. The molecule has 8 heteroatoms. The maximum atomic E-state index is 12.0. The van der Waals surface area contributed by atoms with Gasteiger partial charge in [-0.25, -0.2) is 8.42 Å². The molecule has 0 N–H and O–H groups in total. The van der Waals surface area contributed by atoms with Crippen LogP contribution in [0, 0.1) is 0 Å². The van der Waals surface area contributed by atoms with E-state index in [-0.39, 0.29) is 21.4 Å². The second kappa shape index (κ2) is 6.56. The Morgan fingerprint density at radius 1 is 1.42 bits per heavy atom. The summed E-state index contributed by atoms with van der Waals surface area (Å²) in [7, 11) is 4.37. The van der Waals surface area contributed by atoms with E-state index in [1.807, 2.05) is 0 Å². The van der Waals surface area contributed by atoms with E-state index < -0.39 is 9.05 Å². The van der Waals surface area contributed by atoms with Gasteiger partial charge in [0.1, 0.15) is 4.90 Å². The minimum atomic E-state index is -3.99. The zero-order valence-corrected chi connectivity index (χ0v) is 12.7. The fourth-order valence-corrected chi connectivity index (χ4v) is 2.87. The van der Waals surface area contributed by atoms with Crippen molar-refractivity contribution < 1.29 is 17.9 Å². The molecule has 19 heavy (non-hydrogen) atoms. The van der Waals surface area contributed by atoms with E-state index in [2.05, 4.69) is 0 Å². The van der Waals surface area contributed by atoms with Crippen LogP contribution < -0.4 is 0 Å². The zero-order valence-electron chi connectivity index (χ0n) is 10.4. The lowest BCUT2D eigenvalue weighted by Crippen LogP contribution is -2.30. The Hall–Kier alpha value is -0.820. The second-order valence-electron chi connectivity index (χ2n) is 3.80. The van der Waals surface area contributed by atoms with Crippen LogP contribution in [0.3, 0.4) is 0 Å². The maximum Gasteiger partial charge on any atom is 0.262 e. The van der Waals surface area contributed by atoms with Gasteiger partial charge in [-0.1, -0.05) is 11.6 Å². The topological polar surface area (TPSA) is 63.7 Å². The van der Waals surface area contributed by atoms with Crippen LogP contribution in [0.5, 0.6) is 0 Å². The van der Waals surface area contributed by atoms with E-state index in [0.29, 0.717) is 13.2 Å². The third-order valence-corrected chi connectivity index (χ3v) is 4.22. The minimum absolute atomic E-state index is 0.0221. The number of carbonyl (C=O) groups is 1. The van der Waals surface area contributed by atoms with Gasteiger partial charge in [0.05, 0.1) is 11.6 Å². The van der Waals surface area contributed by atoms with E-state index in [9.17, 15) is 13.2 Å². The molecular weight excluding hydrogens is 313 g/mol. The fourth-order valence-electron chi connectivity index (χ4n) is 1.37. The number of ether oxygens (including phenoxy) is 1. The van der Waals surface area contributed by atoms with Crippen molar-refractivity contribution in [1.29, 1.82) is 0 Å². The second-order valence-corrected chi connectivity index (χ2v) is 6.74. The fraction of sp³-hybridized carbons (Fsp3) is 0.364. The molecule has 0 radical (unpaired) electrons. The Kier molecular flexibility index (Phi) is 5.61. The number of rotatable bonds is 5. The highest BCUT2D eigenvalue weighted by Crippen LogP contribution is 2.26. The minimum Gasteiger partial charge on any atom is -0.383 e. The summed E-state index contributed by atoms with van der Waals surface area (Å²) >= 11 is 5.74. The van der Waals surface area contributed by atoms with Crippen LogP contribution in [0.2, 0.25) is 5.02 Å². The molecule has 1 amide bonds. The summed E-state index contributed by atoms with van der Waals surface area (Å²) in [5.74, 6) is -0.338. The number of hydrogen-bond acceptors (Lipinski definition) is 4. The molecule has 0 aliphatic rings. The highest BCUT2D eigenvalue weighted by atomic mass is 35.7. The third-order valence-electron chi connectivity index (χ3n) is 2.42. The summed E-state index contributed by atoms with van der Waals surface area (Å²) in [4.78, 5) is 13.2. The van der Waals surface area contributed by atoms with Gasteiger partial charge in [0.2, 0.25) is 0 Å². The number of methoxy groups -OCH3 is 1. The average molecular weight is 326 g/mol.